The monoisotopic (exact) mass is 317 g/mol. The largest absolute Gasteiger partial charge is 0.448 e. The second-order valence-electron chi connectivity index (χ2n) is 5.75. The number of carbonyl (C=O) groups is 1. The highest BCUT2D eigenvalue weighted by Gasteiger charge is 2.25. The van der Waals surface area contributed by atoms with Crippen molar-refractivity contribution in [3.8, 4) is 0 Å². The third kappa shape index (κ3) is 5.13. The maximum absolute atomic E-state index is 12.0. The molecule has 1 aromatic heterocycles. The molecule has 0 aliphatic heterocycles. The second kappa shape index (κ2) is 7.04. The van der Waals surface area contributed by atoms with Gasteiger partial charge in [-0.1, -0.05) is 27.7 Å². The summed E-state index contributed by atoms with van der Waals surface area (Å²) in [6, 6.07) is 0. The van der Waals surface area contributed by atoms with Crippen LogP contribution in [-0.4, -0.2) is 25.1 Å². The highest BCUT2D eigenvalue weighted by atomic mass is 32.2. The summed E-state index contributed by atoms with van der Waals surface area (Å²) < 4.78 is 29.0. The molecule has 2 N–H and O–H groups in total. The van der Waals surface area contributed by atoms with Gasteiger partial charge in [0, 0.05) is 0 Å². The van der Waals surface area contributed by atoms with E-state index in [1.165, 1.54) is 0 Å². The average molecular weight is 317 g/mol. The van der Waals surface area contributed by atoms with Gasteiger partial charge in [0.05, 0.1) is 5.75 Å². The van der Waals surface area contributed by atoms with Gasteiger partial charge >= 0.3 is 0 Å². The van der Waals surface area contributed by atoms with Crippen molar-refractivity contribution in [1.29, 1.82) is 0 Å². The fraction of sp³-hybridized carbons (Fsp3) is 0.692. The lowest BCUT2D eigenvalue weighted by molar-refractivity contribution is 0.0939. The number of rotatable bonds is 7. The van der Waals surface area contributed by atoms with Crippen molar-refractivity contribution >= 4 is 15.9 Å². The molecule has 7 nitrogen and oxygen atoms in total. The fourth-order valence-electron chi connectivity index (χ4n) is 2.16. The van der Waals surface area contributed by atoms with E-state index in [0.717, 1.165) is 6.39 Å². The Kier molecular flexibility index (Phi) is 5.91. The Morgan fingerprint density at radius 1 is 1.29 bits per heavy atom. The van der Waals surface area contributed by atoms with Crippen LogP contribution >= 0.6 is 0 Å². The predicted molar refractivity (Wildman–Crippen MR) is 78.8 cm³/mol. The van der Waals surface area contributed by atoms with Gasteiger partial charge in [0.25, 0.3) is 5.91 Å². The molecule has 0 aliphatic carbocycles. The molecule has 1 amide bonds. The lowest BCUT2D eigenvalue weighted by Crippen LogP contribution is -2.45. The van der Waals surface area contributed by atoms with Crippen molar-refractivity contribution in [1.82, 2.24) is 15.2 Å². The molecule has 1 rings (SSSR count). The van der Waals surface area contributed by atoms with E-state index < -0.39 is 15.9 Å². The van der Waals surface area contributed by atoms with Crippen LogP contribution in [0.4, 0.5) is 0 Å². The molecule has 1 aromatic rings. The molecular weight excluding hydrogens is 294 g/mol. The average Bonchev–Trinajstić information content (AvgIpc) is 2.79. The van der Waals surface area contributed by atoms with Crippen LogP contribution in [-0.2, 0) is 10.0 Å². The molecule has 0 aliphatic rings. The van der Waals surface area contributed by atoms with Crippen LogP contribution in [0.15, 0.2) is 10.8 Å². The molecule has 0 atom stereocenters. The minimum absolute atomic E-state index is 0.00758. The molecular formula is C13H23N3O4S. The quantitative estimate of drug-likeness (QED) is 0.742. The summed E-state index contributed by atoms with van der Waals surface area (Å²) in [5, 5.41) is 0. The van der Waals surface area contributed by atoms with Crippen LogP contribution in [0.3, 0.4) is 0 Å². The summed E-state index contributed by atoms with van der Waals surface area (Å²) in [5.41, 5.74) is 2.21. The molecule has 21 heavy (non-hydrogen) atoms. The third-order valence-electron chi connectivity index (χ3n) is 3.40. The maximum Gasteiger partial charge on any atom is 0.288 e. The highest BCUT2D eigenvalue weighted by molar-refractivity contribution is 7.89. The number of nitrogens with zero attached hydrogens (tertiary/aromatic N) is 1. The molecule has 1 heterocycles. The molecule has 0 saturated heterocycles. The Morgan fingerprint density at radius 3 is 2.29 bits per heavy atom. The van der Waals surface area contributed by atoms with Gasteiger partial charge in [-0.25, -0.2) is 13.4 Å². The van der Waals surface area contributed by atoms with Gasteiger partial charge < -0.3 is 4.42 Å². The molecule has 0 spiro atoms. The standard InChI is InChI=1S/C13H23N3O4S/c1-8(2)11(9(3)4)6-21(18,19)16-15-13(17)12-10(5)20-7-14-12/h7-9,11,16H,6H2,1-5H3,(H,15,17). The number of amides is 1. The normalized spacial score (nSPS) is 12.4. The molecule has 120 valence electrons. The molecule has 8 heteroatoms. The number of hydrazine groups is 1. The summed E-state index contributed by atoms with van der Waals surface area (Å²) in [5.74, 6) is 0.114. The lowest BCUT2D eigenvalue weighted by atomic mass is 9.87. The summed E-state index contributed by atoms with van der Waals surface area (Å²) in [4.78, 5) is 17.6. The van der Waals surface area contributed by atoms with Crippen LogP contribution in [0.2, 0.25) is 0 Å². The Bertz CT molecular complexity index is 570. The molecule has 0 bridgehead atoms. The first-order chi connectivity index (χ1) is 9.64. The predicted octanol–water partition coefficient (Wildman–Crippen LogP) is 1.48. The minimum Gasteiger partial charge on any atom is -0.448 e. The SMILES string of the molecule is Cc1ocnc1C(=O)NNS(=O)(=O)CC(C(C)C)C(C)C. The molecule has 0 fully saturated rings. The highest BCUT2D eigenvalue weighted by Crippen LogP contribution is 2.21. The zero-order chi connectivity index (χ0) is 16.2. The summed E-state index contributed by atoms with van der Waals surface area (Å²) in [6.07, 6.45) is 1.13. The van der Waals surface area contributed by atoms with Crippen molar-refractivity contribution in [2.45, 2.75) is 34.6 Å². The van der Waals surface area contributed by atoms with E-state index in [4.69, 9.17) is 4.42 Å². The topological polar surface area (TPSA) is 101 Å². The zero-order valence-corrected chi connectivity index (χ0v) is 13.8. The van der Waals surface area contributed by atoms with Crippen LogP contribution in [0.1, 0.15) is 43.9 Å². The summed E-state index contributed by atoms with van der Waals surface area (Å²) >= 11 is 0. The van der Waals surface area contributed by atoms with E-state index in [0.29, 0.717) is 5.76 Å². The van der Waals surface area contributed by atoms with Crippen LogP contribution < -0.4 is 10.3 Å². The Morgan fingerprint density at radius 2 is 1.86 bits per heavy atom. The fourth-order valence-corrected chi connectivity index (χ4v) is 3.76. The molecule has 0 aromatic carbocycles. The zero-order valence-electron chi connectivity index (χ0n) is 13.0. The van der Waals surface area contributed by atoms with Gasteiger partial charge in [-0.05, 0) is 24.7 Å². The number of sulfonamides is 1. The van der Waals surface area contributed by atoms with E-state index in [-0.39, 0.29) is 29.2 Å². The Balaban J connectivity index is 2.65. The van der Waals surface area contributed by atoms with Gasteiger partial charge in [-0.2, -0.15) is 0 Å². The van der Waals surface area contributed by atoms with Gasteiger partial charge in [0.1, 0.15) is 5.76 Å². The van der Waals surface area contributed by atoms with Gasteiger partial charge in [-0.15, -0.1) is 4.83 Å². The van der Waals surface area contributed by atoms with Crippen molar-refractivity contribution in [3.05, 3.63) is 17.8 Å². The van der Waals surface area contributed by atoms with Crippen molar-refractivity contribution in [3.63, 3.8) is 0 Å². The molecule has 0 radical (unpaired) electrons. The third-order valence-corrected chi connectivity index (χ3v) is 4.64. The van der Waals surface area contributed by atoms with E-state index >= 15 is 0 Å². The second-order valence-corrected chi connectivity index (χ2v) is 7.51. The van der Waals surface area contributed by atoms with Crippen LogP contribution in [0, 0.1) is 24.7 Å². The number of hydrogen-bond donors (Lipinski definition) is 2. The Labute approximate surface area is 125 Å². The number of carbonyl (C=O) groups excluding carboxylic acids is 1. The first-order valence-electron chi connectivity index (χ1n) is 6.84. The molecule has 0 saturated carbocycles. The van der Waals surface area contributed by atoms with E-state index in [2.05, 4.69) is 15.2 Å². The number of hydrogen-bond acceptors (Lipinski definition) is 5. The number of nitrogens with one attached hydrogen (secondary N) is 2. The Hall–Kier alpha value is -1.41. The number of aryl methyl sites for hydroxylation is 1. The smallest absolute Gasteiger partial charge is 0.288 e. The summed E-state index contributed by atoms with van der Waals surface area (Å²) in [7, 11) is -3.61. The van der Waals surface area contributed by atoms with E-state index in [1.54, 1.807) is 6.92 Å². The van der Waals surface area contributed by atoms with Crippen molar-refractivity contribution in [2.24, 2.45) is 17.8 Å². The van der Waals surface area contributed by atoms with Gasteiger partial charge in [-0.3, -0.25) is 10.2 Å². The van der Waals surface area contributed by atoms with E-state index in [9.17, 15) is 13.2 Å². The van der Waals surface area contributed by atoms with Crippen LogP contribution in [0.25, 0.3) is 0 Å². The maximum atomic E-state index is 12.0. The van der Waals surface area contributed by atoms with Crippen LogP contribution in [0.5, 0.6) is 0 Å². The van der Waals surface area contributed by atoms with Crippen molar-refractivity contribution < 1.29 is 17.6 Å². The molecule has 0 unspecified atom stereocenters. The van der Waals surface area contributed by atoms with Gasteiger partial charge in [0.15, 0.2) is 12.1 Å². The minimum atomic E-state index is -3.61. The number of aromatic nitrogens is 1. The first kappa shape index (κ1) is 17.6. The first-order valence-corrected chi connectivity index (χ1v) is 8.49. The summed E-state index contributed by atoms with van der Waals surface area (Å²) in [6.45, 7) is 9.51. The lowest BCUT2D eigenvalue weighted by Gasteiger charge is -2.24. The van der Waals surface area contributed by atoms with E-state index in [1.807, 2.05) is 27.7 Å². The number of oxazole rings is 1. The van der Waals surface area contributed by atoms with Crippen molar-refractivity contribution in [2.75, 3.05) is 5.75 Å². The van der Waals surface area contributed by atoms with Gasteiger partial charge in [0.2, 0.25) is 10.0 Å².